The molecule has 0 aromatic rings. The van der Waals surface area contributed by atoms with Crippen molar-refractivity contribution in [1.82, 2.24) is 15.5 Å². The van der Waals surface area contributed by atoms with E-state index in [0.717, 1.165) is 32.8 Å². The zero-order valence-electron chi connectivity index (χ0n) is 15.2. The highest BCUT2D eigenvalue weighted by Gasteiger charge is 2.23. The van der Waals surface area contributed by atoms with E-state index >= 15 is 0 Å². The summed E-state index contributed by atoms with van der Waals surface area (Å²) < 4.78 is 28.4. The van der Waals surface area contributed by atoms with Gasteiger partial charge in [0.2, 0.25) is 0 Å². The van der Waals surface area contributed by atoms with Crippen LogP contribution in [0, 0.1) is 5.92 Å². The SMILES string of the molecule is CCS(=O)(=O)CCNC(=NC)NCC(C(C)C)N1CCOCC1.I. The fraction of sp³-hybridized carbons (Fsp3) is 0.933. The lowest BCUT2D eigenvalue weighted by atomic mass is 10.0. The van der Waals surface area contributed by atoms with Gasteiger partial charge >= 0.3 is 0 Å². The Bertz CT molecular complexity index is 465. The molecule has 7 nitrogen and oxygen atoms in total. The third kappa shape index (κ3) is 8.82. The Morgan fingerprint density at radius 3 is 2.38 bits per heavy atom. The number of hydrogen-bond acceptors (Lipinski definition) is 5. The van der Waals surface area contributed by atoms with Gasteiger partial charge in [-0.15, -0.1) is 24.0 Å². The molecule has 1 aliphatic heterocycles. The smallest absolute Gasteiger partial charge is 0.191 e. The van der Waals surface area contributed by atoms with Gasteiger partial charge in [0.05, 0.1) is 19.0 Å². The Labute approximate surface area is 163 Å². The van der Waals surface area contributed by atoms with Gasteiger partial charge in [-0.25, -0.2) is 8.42 Å². The Balaban J connectivity index is 0.00000529. The number of nitrogens with zero attached hydrogens (tertiary/aromatic N) is 2. The lowest BCUT2D eigenvalue weighted by molar-refractivity contribution is 0.00752. The lowest BCUT2D eigenvalue weighted by Gasteiger charge is -2.37. The molecule has 1 heterocycles. The normalized spacial score (nSPS) is 18.1. The second-order valence-electron chi connectivity index (χ2n) is 6.08. The summed E-state index contributed by atoms with van der Waals surface area (Å²) >= 11 is 0. The van der Waals surface area contributed by atoms with E-state index < -0.39 is 9.84 Å². The molecule has 1 unspecified atom stereocenters. The number of guanidine groups is 1. The van der Waals surface area contributed by atoms with Crippen molar-refractivity contribution in [3.63, 3.8) is 0 Å². The van der Waals surface area contributed by atoms with E-state index in [2.05, 4.69) is 34.4 Å². The molecule has 0 aromatic heterocycles. The van der Waals surface area contributed by atoms with E-state index in [1.807, 2.05) is 0 Å². The summed E-state index contributed by atoms with van der Waals surface area (Å²) in [6.45, 7) is 10.7. The van der Waals surface area contributed by atoms with Crippen LogP contribution in [0.3, 0.4) is 0 Å². The van der Waals surface area contributed by atoms with Gasteiger partial charge in [0, 0.05) is 45.0 Å². The predicted octanol–water partition coefficient (Wildman–Crippen LogP) is 0.561. The van der Waals surface area contributed by atoms with E-state index in [9.17, 15) is 8.42 Å². The number of halogens is 1. The quantitative estimate of drug-likeness (QED) is 0.303. The van der Waals surface area contributed by atoms with E-state index in [4.69, 9.17) is 4.74 Å². The highest BCUT2D eigenvalue weighted by Crippen LogP contribution is 2.12. The maximum atomic E-state index is 11.5. The van der Waals surface area contributed by atoms with Crippen LogP contribution in [0.15, 0.2) is 4.99 Å². The van der Waals surface area contributed by atoms with Gasteiger partial charge in [0.1, 0.15) is 0 Å². The van der Waals surface area contributed by atoms with E-state index in [1.54, 1.807) is 14.0 Å². The van der Waals surface area contributed by atoms with Crippen molar-refractivity contribution in [2.24, 2.45) is 10.9 Å². The largest absolute Gasteiger partial charge is 0.379 e. The first-order valence-corrected chi connectivity index (χ1v) is 10.2. The number of hydrogen-bond donors (Lipinski definition) is 2. The molecular weight excluding hydrogens is 443 g/mol. The molecule has 0 aromatic carbocycles. The van der Waals surface area contributed by atoms with Gasteiger partial charge in [-0.05, 0) is 5.92 Å². The second kappa shape index (κ2) is 12.3. The summed E-state index contributed by atoms with van der Waals surface area (Å²) in [7, 11) is -1.26. The molecule has 1 fully saturated rings. The molecule has 0 saturated carbocycles. The molecule has 0 spiro atoms. The van der Waals surface area contributed by atoms with Crippen molar-refractivity contribution < 1.29 is 13.2 Å². The number of ether oxygens (including phenoxy) is 1. The van der Waals surface area contributed by atoms with Crippen molar-refractivity contribution in [2.45, 2.75) is 26.8 Å². The summed E-state index contributed by atoms with van der Waals surface area (Å²) in [6, 6.07) is 0.400. The highest BCUT2D eigenvalue weighted by atomic mass is 127. The predicted molar refractivity (Wildman–Crippen MR) is 110 cm³/mol. The van der Waals surface area contributed by atoms with Crippen LogP contribution in [0.25, 0.3) is 0 Å². The van der Waals surface area contributed by atoms with Crippen LogP contribution in [0.2, 0.25) is 0 Å². The lowest BCUT2D eigenvalue weighted by Crippen LogP contribution is -2.52. The van der Waals surface area contributed by atoms with Crippen LogP contribution in [0.4, 0.5) is 0 Å². The first kappa shape index (κ1) is 23.9. The van der Waals surface area contributed by atoms with Crippen LogP contribution in [-0.4, -0.2) is 83.3 Å². The Hall–Kier alpha value is -0.130. The average molecular weight is 476 g/mol. The van der Waals surface area contributed by atoms with Crippen LogP contribution in [0.5, 0.6) is 0 Å². The van der Waals surface area contributed by atoms with E-state index in [-0.39, 0.29) is 35.5 Å². The molecular formula is C15H33IN4O3S. The third-order valence-electron chi connectivity index (χ3n) is 4.13. The van der Waals surface area contributed by atoms with Crippen molar-refractivity contribution in [2.75, 3.05) is 57.9 Å². The molecule has 9 heteroatoms. The zero-order valence-corrected chi connectivity index (χ0v) is 18.4. The zero-order chi connectivity index (χ0) is 17.3. The summed E-state index contributed by atoms with van der Waals surface area (Å²) in [4.78, 5) is 6.61. The summed E-state index contributed by atoms with van der Waals surface area (Å²) in [5.41, 5.74) is 0. The van der Waals surface area contributed by atoms with E-state index in [1.165, 1.54) is 0 Å². The summed E-state index contributed by atoms with van der Waals surface area (Å²) in [6.07, 6.45) is 0. The molecule has 144 valence electrons. The van der Waals surface area contributed by atoms with Gasteiger partial charge in [-0.3, -0.25) is 9.89 Å². The fourth-order valence-electron chi connectivity index (χ4n) is 2.59. The topological polar surface area (TPSA) is 83.0 Å². The van der Waals surface area contributed by atoms with Crippen LogP contribution >= 0.6 is 24.0 Å². The second-order valence-corrected chi connectivity index (χ2v) is 8.55. The van der Waals surface area contributed by atoms with Crippen LogP contribution in [-0.2, 0) is 14.6 Å². The Morgan fingerprint density at radius 1 is 1.25 bits per heavy atom. The number of sulfone groups is 1. The number of nitrogens with one attached hydrogen (secondary N) is 2. The monoisotopic (exact) mass is 476 g/mol. The molecule has 2 N–H and O–H groups in total. The standard InChI is InChI=1S/C15H32N4O3S.HI/c1-5-23(20,21)11-6-17-15(16-4)18-12-14(13(2)3)19-7-9-22-10-8-19;/h13-14H,5-12H2,1-4H3,(H2,16,17,18);1H. The molecule has 1 saturated heterocycles. The van der Waals surface area contributed by atoms with Crippen molar-refractivity contribution in [3.8, 4) is 0 Å². The minimum atomic E-state index is -2.95. The molecule has 24 heavy (non-hydrogen) atoms. The van der Waals surface area contributed by atoms with Crippen molar-refractivity contribution >= 4 is 39.8 Å². The molecule has 1 atom stereocenters. The Kier molecular flexibility index (Phi) is 12.2. The minimum absolute atomic E-state index is 0. The van der Waals surface area contributed by atoms with E-state index in [0.29, 0.717) is 24.5 Å². The molecule has 0 amide bonds. The fourth-order valence-corrected chi connectivity index (χ4v) is 3.29. The van der Waals surface area contributed by atoms with Crippen molar-refractivity contribution in [1.29, 1.82) is 0 Å². The molecule has 0 bridgehead atoms. The number of aliphatic imine (C=N–C) groups is 1. The minimum Gasteiger partial charge on any atom is -0.379 e. The molecule has 0 aliphatic carbocycles. The van der Waals surface area contributed by atoms with Gasteiger partial charge in [0.15, 0.2) is 15.8 Å². The Morgan fingerprint density at radius 2 is 1.88 bits per heavy atom. The molecule has 1 aliphatic rings. The van der Waals surface area contributed by atoms with Crippen molar-refractivity contribution in [3.05, 3.63) is 0 Å². The molecule has 1 rings (SSSR count). The first-order valence-electron chi connectivity index (χ1n) is 8.36. The van der Waals surface area contributed by atoms with Gasteiger partial charge in [-0.2, -0.15) is 0 Å². The summed E-state index contributed by atoms with van der Waals surface area (Å²) in [5.74, 6) is 1.46. The number of morpholine rings is 1. The maximum absolute atomic E-state index is 11.5. The van der Waals surface area contributed by atoms with Crippen LogP contribution in [0.1, 0.15) is 20.8 Å². The first-order chi connectivity index (χ1) is 10.9. The third-order valence-corrected chi connectivity index (χ3v) is 5.84. The van der Waals surface area contributed by atoms with Gasteiger partial charge in [0.25, 0.3) is 0 Å². The average Bonchev–Trinajstić information content (AvgIpc) is 2.54. The number of rotatable bonds is 8. The van der Waals surface area contributed by atoms with Gasteiger partial charge < -0.3 is 15.4 Å². The maximum Gasteiger partial charge on any atom is 0.191 e. The summed E-state index contributed by atoms with van der Waals surface area (Å²) in [5, 5.41) is 6.39. The molecule has 0 radical (unpaired) electrons. The highest BCUT2D eigenvalue weighted by molar-refractivity contribution is 14.0. The van der Waals surface area contributed by atoms with Gasteiger partial charge in [-0.1, -0.05) is 20.8 Å². The van der Waals surface area contributed by atoms with Crippen LogP contribution < -0.4 is 10.6 Å².